The van der Waals surface area contributed by atoms with Crippen molar-refractivity contribution < 1.29 is 13.2 Å². The predicted octanol–water partition coefficient (Wildman–Crippen LogP) is 3.43. The molecule has 2 amide bonds. The summed E-state index contributed by atoms with van der Waals surface area (Å²) in [5.41, 5.74) is 2.01. The summed E-state index contributed by atoms with van der Waals surface area (Å²) in [6, 6.07) is 16.3. The van der Waals surface area contributed by atoms with Crippen LogP contribution in [-0.4, -0.2) is 57.2 Å². The van der Waals surface area contributed by atoms with Gasteiger partial charge in [0.15, 0.2) is 0 Å². The average Bonchev–Trinajstić information content (AvgIpc) is 2.65. The van der Waals surface area contributed by atoms with Crippen molar-refractivity contribution in [3.63, 3.8) is 0 Å². The van der Waals surface area contributed by atoms with Crippen LogP contribution >= 0.6 is 0 Å². The zero-order valence-electron chi connectivity index (χ0n) is 17.3. The van der Waals surface area contributed by atoms with Crippen molar-refractivity contribution in [3.05, 3.63) is 60.2 Å². The molecule has 158 valence electrons. The first kappa shape index (κ1) is 22.7. The van der Waals surface area contributed by atoms with Gasteiger partial charge in [-0.2, -0.15) is 0 Å². The van der Waals surface area contributed by atoms with E-state index in [4.69, 9.17) is 0 Å². The summed E-state index contributed by atoms with van der Waals surface area (Å²) in [5.74, 6) is 0.0545. The number of hydrogen-bond acceptors (Lipinski definition) is 4. The number of anilines is 2. The van der Waals surface area contributed by atoms with Crippen LogP contribution in [0.5, 0.6) is 0 Å². The van der Waals surface area contributed by atoms with E-state index in [9.17, 15) is 13.2 Å². The van der Waals surface area contributed by atoms with Crippen LogP contribution in [0.1, 0.15) is 18.9 Å². The van der Waals surface area contributed by atoms with E-state index in [0.717, 1.165) is 12.1 Å². The highest BCUT2D eigenvalue weighted by molar-refractivity contribution is 7.92. The smallest absolute Gasteiger partial charge is 0.319 e. The van der Waals surface area contributed by atoms with Crippen LogP contribution in [-0.2, 0) is 16.6 Å². The number of hydrogen-bond donors (Lipinski definition) is 2. The van der Waals surface area contributed by atoms with Gasteiger partial charge < -0.3 is 15.1 Å². The van der Waals surface area contributed by atoms with Gasteiger partial charge >= 0.3 is 6.03 Å². The molecular weight excluding hydrogens is 388 g/mol. The van der Waals surface area contributed by atoms with Crippen LogP contribution in [0.2, 0.25) is 0 Å². The highest BCUT2D eigenvalue weighted by atomic mass is 32.2. The van der Waals surface area contributed by atoms with Gasteiger partial charge in [-0.25, -0.2) is 13.2 Å². The topological polar surface area (TPSA) is 81.8 Å². The minimum Gasteiger partial charge on any atom is -0.319 e. The minimum atomic E-state index is -3.38. The molecule has 0 unspecified atom stereocenters. The Morgan fingerprint density at radius 3 is 2.31 bits per heavy atom. The third kappa shape index (κ3) is 8.13. The molecule has 0 fully saturated rings. The van der Waals surface area contributed by atoms with Gasteiger partial charge in [-0.3, -0.25) is 4.72 Å². The molecule has 8 heteroatoms. The molecular formula is C21H30N4O3S. The second-order valence-electron chi connectivity index (χ2n) is 7.14. The summed E-state index contributed by atoms with van der Waals surface area (Å²) in [5, 5.41) is 2.88. The summed E-state index contributed by atoms with van der Waals surface area (Å²) in [6.07, 6.45) is 0.534. The molecule has 0 saturated heterocycles. The van der Waals surface area contributed by atoms with Crippen molar-refractivity contribution in [1.29, 1.82) is 0 Å². The minimum absolute atomic E-state index is 0.0545. The molecule has 0 aliphatic carbocycles. The summed E-state index contributed by atoms with van der Waals surface area (Å²) in [4.78, 5) is 16.6. The molecule has 0 aromatic heterocycles. The van der Waals surface area contributed by atoms with Gasteiger partial charge in [-0.1, -0.05) is 43.3 Å². The van der Waals surface area contributed by atoms with Crippen molar-refractivity contribution in [3.8, 4) is 0 Å². The highest BCUT2D eigenvalue weighted by Gasteiger charge is 2.15. The lowest BCUT2D eigenvalue weighted by Crippen LogP contribution is -2.39. The van der Waals surface area contributed by atoms with Crippen LogP contribution in [0.3, 0.4) is 0 Å². The number of urea groups is 1. The van der Waals surface area contributed by atoms with Gasteiger partial charge in [0.2, 0.25) is 10.0 Å². The molecule has 0 bridgehead atoms. The highest BCUT2D eigenvalue weighted by Crippen LogP contribution is 2.18. The van der Waals surface area contributed by atoms with E-state index in [1.165, 1.54) is 0 Å². The monoisotopic (exact) mass is 418 g/mol. The molecule has 0 aliphatic heterocycles. The predicted molar refractivity (Wildman–Crippen MR) is 119 cm³/mol. The molecule has 29 heavy (non-hydrogen) atoms. The van der Waals surface area contributed by atoms with Gasteiger partial charge in [-0.05, 0) is 44.3 Å². The number of nitrogens with one attached hydrogen (secondary N) is 2. The molecule has 0 radical (unpaired) electrons. The lowest BCUT2D eigenvalue weighted by molar-refractivity contribution is 0.202. The van der Waals surface area contributed by atoms with E-state index in [1.807, 2.05) is 56.3 Å². The van der Waals surface area contributed by atoms with Gasteiger partial charge in [0, 0.05) is 25.3 Å². The maximum Gasteiger partial charge on any atom is 0.322 e. The number of amides is 2. The number of benzene rings is 2. The maximum absolute atomic E-state index is 12.9. The number of nitrogens with zero attached hydrogens (tertiary/aromatic N) is 2. The van der Waals surface area contributed by atoms with E-state index >= 15 is 0 Å². The Morgan fingerprint density at radius 2 is 1.66 bits per heavy atom. The van der Waals surface area contributed by atoms with Crippen molar-refractivity contribution in [2.24, 2.45) is 0 Å². The van der Waals surface area contributed by atoms with Crippen LogP contribution in [0, 0.1) is 0 Å². The van der Waals surface area contributed by atoms with E-state index in [1.54, 1.807) is 29.2 Å². The van der Waals surface area contributed by atoms with Gasteiger partial charge in [0.25, 0.3) is 0 Å². The molecule has 0 spiro atoms. The van der Waals surface area contributed by atoms with Gasteiger partial charge in [-0.15, -0.1) is 0 Å². The molecule has 2 rings (SSSR count). The fourth-order valence-corrected chi connectivity index (χ4v) is 3.86. The molecule has 2 N–H and O–H groups in total. The number of likely N-dealkylation sites (N-methyl/N-ethyl adjacent to an activating group) is 1. The Kier molecular flexibility index (Phi) is 8.48. The Labute approximate surface area is 173 Å². The van der Waals surface area contributed by atoms with Gasteiger partial charge in [0.05, 0.1) is 11.4 Å². The quantitative estimate of drug-likeness (QED) is 0.619. The third-order valence-corrected chi connectivity index (χ3v) is 5.67. The Hall–Kier alpha value is -2.58. The lowest BCUT2D eigenvalue weighted by atomic mass is 10.2. The Morgan fingerprint density at radius 1 is 0.966 bits per heavy atom. The molecule has 0 atom stereocenters. The first-order chi connectivity index (χ1) is 13.8. The van der Waals surface area contributed by atoms with Crippen molar-refractivity contribution >= 4 is 27.4 Å². The fraction of sp³-hybridized carbons (Fsp3) is 0.381. The number of sulfonamides is 1. The first-order valence-corrected chi connectivity index (χ1v) is 11.3. The number of rotatable bonds is 10. The van der Waals surface area contributed by atoms with Crippen LogP contribution in [0.25, 0.3) is 0 Å². The van der Waals surface area contributed by atoms with Crippen LogP contribution < -0.4 is 10.0 Å². The Balaban J connectivity index is 2.10. The molecule has 0 aliphatic rings. The van der Waals surface area contributed by atoms with Crippen LogP contribution in [0.15, 0.2) is 54.6 Å². The van der Waals surface area contributed by atoms with Crippen molar-refractivity contribution in [2.75, 3.05) is 43.0 Å². The first-order valence-electron chi connectivity index (χ1n) is 9.64. The fourth-order valence-electron chi connectivity index (χ4n) is 2.74. The third-order valence-electron chi connectivity index (χ3n) is 4.18. The summed E-state index contributed by atoms with van der Waals surface area (Å²) < 4.78 is 26.5. The molecule has 7 nitrogen and oxygen atoms in total. The second kappa shape index (κ2) is 10.8. The molecule has 2 aromatic carbocycles. The zero-order valence-corrected chi connectivity index (χ0v) is 18.1. The number of carbonyl (C=O) groups is 1. The second-order valence-corrected chi connectivity index (χ2v) is 8.98. The molecule has 0 heterocycles. The van der Waals surface area contributed by atoms with E-state index in [-0.39, 0.29) is 11.8 Å². The molecule has 2 aromatic rings. The van der Waals surface area contributed by atoms with Crippen LogP contribution in [0.4, 0.5) is 16.2 Å². The van der Waals surface area contributed by atoms with E-state index in [2.05, 4.69) is 10.0 Å². The zero-order chi connectivity index (χ0) is 21.3. The standard InChI is InChI=1S/C21H30N4O3S/c1-4-15-29(27,28)23-20-12-8-11-19(16-20)22-21(26)25(14-13-24(2)3)17-18-9-6-5-7-10-18/h5-12,16,23H,4,13-15,17H2,1-3H3,(H,22,26). The van der Waals surface area contributed by atoms with E-state index < -0.39 is 10.0 Å². The summed E-state index contributed by atoms with van der Waals surface area (Å²) in [6.45, 7) is 3.60. The summed E-state index contributed by atoms with van der Waals surface area (Å²) in [7, 11) is 0.542. The maximum atomic E-state index is 12.9. The lowest BCUT2D eigenvalue weighted by Gasteiger charge is -2.25. The summed E-state index contributed by atoms with van der Waals surface area (Å²) >= 11 is 0. The molecule has 0 saturated carbocycles. The largest absolute Gasteiger partial charge is 0.322 e. The average molecular weight is 419 g/mol. The normalized spacial score (nSPS) is 11.3. The van der Waals surface area contributed by atoms with E-state index in [0.29, 0.717) is 30.9 Å². The van der Waals surface area contributed by atoms with Crippen molar-refractivity contribution in [1.82, 2.24) is 9.80 Å². The Bertz CT molecular complexity index is 886. The van der Waals surface area contributed by atoms with Gasteiger partial charge in [0.1, 0.15) is 0 Å². The number of carbonyl (C=O) groups excluding carboxylic acids is 1. The SMILES string of the molecule is CCCS(=O)(=O)Nc1cccc(NC(=O)N(CCN(C)C)Cc2ccccc2)c1. The van der Waals surface area contributed by atoms with Crippen molar-refractivity contribution in [2.45, 2.75) is 19.9 Å².